The predicted molar refractivity (Wildman–Crippen MR) is 51.3 cm³/mol. The van der Waals surface area contributed by atoms with Crippen molar-refractivity contribution in [3.05, 3.63) is 36.5 Å². The van der Waals surface area contributed by atoms with Gasteiger partial charge in [0.05, 0.1) is 5.52 Å². The molecular formula is C9H6NO3S-. The first-order chi connectivity index (χ1) is 6.77. The minimum atomic E-state index is -2.55. The van der Waals surface area contributed by atoms with Crippen molar-refractivity contribution in [3.8, 4) is 5.75 Å². The van der Waals surface area contributed by atoms with Crippen molar-refractivity contribution in [2.45, 2.75) is 0 Å². The molecule has 0 aliphatic carbocycles. The Morgan fingerprint density at radius 2 is 2.14 bits per heavy atom. The molecule has 0 amide bonds. The molecule has 0 fully saturated rings. The van der Waals surface area contributed by atoms with Crippen molar-refractivity contribution in [2.24, 2.45) is 0 Å². The van der Waals surface area contributed by atoms with Gasteiger partial charge in [-0.2, -0.15) is 0 Å². The highest BCUT2D eigenvalue weighted by Gasteiger charge is 2.01. The molecule has 4 nitrogen and oxygen atoms in total. The largest absolute Gasteiger partial charge is 0.740 e. The molecule has 1 aromatic heterocycles. The van der Waals surface area contributed by atoms with Crippen LogP contribution in [0.5, 0.6) is 5.75 Å². The number of pyridine rings is 1. The van der Waals surface area contributed by atoms with Gasteiger partial charge in [0.2, 0.25) is 0 Å². The Bertz CT molecular complexity index is 481. The van der Waals surface area contributed by atoms with Gasteiger partial charge in [0.15, 0.2) is 0 Å². The van der Waals surface area contributed by atoms with Crippen LogP contribution in [0, 0.1) is 0 Å². The lowest BCUT2D eigenvalue weighted by Gasteiger charge is -2.08. The van der Waals surface area contributed by atoms with Crippen LogP contribution in [-0.2, 0) is 11.4 Å². The summed E-state index contributed by atoms with van der Waals surface area (Å²) in [6, 6.07) is 8.54. The molecule has 0 bridgehead atoms. The number of rotatable bonds is 2. The van der Waals surface area contributed by atoms with Gasteiger partial charge in [0, 0.05) is 11.6 Å². The summed E-state index contributed by atoms with van der Waals surface area (Å²) in [5.74, 6) is 0.295. The van der Waals surface area contributed by atoms with Gasteiger partial charge in [0.1, 0.15) is 17.1 Å². The Kier molecular flexibility index (Phi) is 2.43. The summed E-state index contributed by atoms with van der Waals surface area (Å²) in [4.78, 5) is 4.07. The van der Waals surface area contributed by atoms with Crippen LogP contribution in [0.25, 0.3) is 10.9 Å². The van der Waals surface area contributed by atoms with E-state index in [4.69, 9.17) is 0 Å². The topological polar surface area (TPSA) is 62.2 Å². The first-order valence-electron chi connectivity index (χ1n) is 3.89. The molecule has 1 atom stereocenters. The zero-order valence-corrected chi connectivity index (χ0v) is 7.86. The quantitative estimate of drug-likeness (QED) is 0.700. The summed E-state index contributed by atoms with van der Waals surface area (Å²) in [6.45, 7) is 0. The third-order valence-electron chi connectivity index (χ3n) is 1.76. The number of fused-ring (bicyclic) bond motifs is 1. The molecule has 0 saturated heterocycles. The third kappa shape index (κ3) is 1.73. The van der Waals surface area contributed by atoms with E-state index in [1.54, 1.807) is 36.5 Å². The predicted octanol–water partition coefficient (Wildman–Crippen LogP) is 1.41. The molecule has 0 spiro atoms. The van der Waals surface area contributed by atoms with Gasteiger partial charge in [-0.15, -0.1) is 0 Å². The minimum absolute atomic E-state index is 0.295. The van der Waals surface area contributed by atoms with E-state index >= 15 is 0 Å². The van der Waals surface area contributed by atoms with Crippen LogP contribution in [0.15, 0.2) is 36.5 Å². The Labute approximate surface area is 83.0 Å². The Hall–Kier alpha value is -1.46. The molecule has 1 heterocycles. The molecule has 2 aromatic rings. The third-order valence-corrected chi connectivity index (χ3v) is 2.08. The lowest BCUT2D eigenvalue weighted by molar-refractivity contribution is 0.442. The lowest BCUT2D eigenvalue weighted by atomic mass is 10.2. The van der Waals surface area contributed by atoms with Crippen molar-refractivity contribution in [3.63, 3.8) is 0 Å². The highest BCUT2D eigenvalue weighted by atomic mass is 32.2. The van der Waals surface area contributed by atoms with Gasteiger partial charge in [0.25, 0.3) is 0 Å². The van der Waals surface area contributed by atoms with Crippen molar-refractivity contribution in [2.75, 3.05) is 0 Å². The van der Waals surface area contributed by atoms with E-state index in [0.29, 0.717) is 16.7 Å². The van der Waals surface area contributed by atoms with Gasteiger partial charge < -0.3 is 8.74 Å². The number of hydrogen-bond donors (Lipinski definition) is 0. The van der Waals surface area contributed by atoms with Crippen LogP contribution in [-0.4, -0.2) is 13.7 Å². The van der Waals surface area contributed by atoms with E-state index in [1.807, 2.05) is 0 Å². The summed E-state index contributed by atoms with van der Waals surface area (Å²) in [7, 11) is 0. The summed E-state index contributed by atoms with van der Waals surface area (Å²) in [6.07, 6.45) is 1.64. The van der Waals surface area contributed by atoms with Crippen LogP contribution >= 0.6 is 0 Å². The van der Waals surface area contributed by atoms with E-state index in [-0.39, 0.29) is 0 Å². The van der Waals surface area contributed by atoms with E-state index in [9.17, 15) is 8.76 Å². The molecule has 1 aromatic carbocycles. The van der Waals surface area contributed by atoms with Gasteiger partial charge in [-0.25, -0.2) is 4.21 Å². The van der Waals surface area contributed by atoms with Gasteiger partial charge in [-0.05, 0) is 24.3 Å². The summed E-state index contributed by atoms with van der Waals surface area (Å²) >= 11 is -2.55. The normalized spacial score (nSPS) is 12.6. The maximum absolute atomic E-state index is 10.4. The molecule has 14 heavy (non-hydrogen) atoms. The molecule has 0 aliphatic heterocycles. The summed E-state index contributed by atoms with van der Waals surface area (Å²) in [5.41, 5.74) is 0.704. The fourth-order valence-electron chi connectivity index (χ4n) is 1.22. The maximum atomic E-state index is 10.4. The van der Waals surface area contributed by atoms with Crippen molar-refractivity contribution in [1.82, 2.24) is 4.98 Å². The first-order valence-corrected chi connectivity index (χ1v) is 4.89. The average molecular weight is 208 g/mol. The molecule has 72 valence electrons. The molecular weight excluding hydrogens is 202 g/mol. The number of hydrogen-bond acceptors (Lipinski definition) is 4. The van der Waals surface area contributed by atoms with Crippen molar-refractivity contribution < 1.29 is 12.9 Å². The SMILES string of the molecule is O=S([O-])Oc1cccc2ncccc12. The fraction of sp³-hybridized carbons (Fsp3) is 0. The van der Waals surface area contributed by atoms with Crippen molar-refractivity contribution in [1.29, 1.82) is 0 Å². The number of aromatic nitrogens is 1. The minimum Gasteiger partial charge on any atom is -0.740 e. The zero-order valence-electron chi connectivity index (χ0n) is 7.04. The summed E-state index contributed by atoms with van der Waals surface area (Å²) in [5, 5.41) is 0.680. The van der Waals surface area contributed by atoms with Crippen LogP contribution < -0.4 is 4.18 Å². The van der Waals surface area contributed by atoms with Crippen LogP contribution in [0.3, 0.4) is 0 Å². The van der Waals surface area contributed by atoms with Crippen LogP contribution in [0.1, 0.15) is 0 Å². The molecule has 2 rings (SSSR count). The van der Waals surface area contributed by atoms with E-state index in [1.165, 1.54) is 0 Å². The number of benzene rings is 1. The molecule has 0 aliphatic rings. The van der Waals surface area contributed by atoms with Gasteiger partial charge in [-0.1, -0.05) is 6.07 Å². The Morgan fingerprint density at radius 1 is 1.29 bits per heavy atom. The second-order valence-electron chi connectivity index (χ2n) is 2.61. The Balaban J connectivity index is 2.59. The van der Waals surface area contributed by atoms with Crippen LogP contribution in [0.4, 0.5) is 0 Å². The smallest absolute Gasteiger partial charge is 0.148 e. The van der Waals surface area contributed by atoms with Crippen LogP contribution in [0.2, 0.25) is 0 Å². The Morgan fingerprint density at radius 3 is 2.93 bits per heavy atom. The standard InChI is InChI=1S/C9H7NO3S/c11-14(12)13-9-5-1-4-8-7(9)3-2-6-10-8/h1-6H,(H,11,12)/p-1. The average Bonchev–Trinajstić information content (AvgIpc) is 2.18. The van der Waals surface area contributed by atoms with Gasteiger partial charge in [-0.3, -0.25) is 4.98 Å². The second kappa shape index (κ2) is 3.73. The highest BCUT2D eigenvalue weighted by molar-refractivity contribution is 7.74. The first kappa shape index (κ1) is 9.11. The molecule has 1 unspecified atom stereocenters. The molecule has 0 N–H and O–H groups in total. The fourth-order valence-corrected chi connectivity index (χ4v) is 1.51. The van der Waals surface area contributed by atoms with E-state index in [2.05, 4.69) is 9.17 Å². The summed E-state index contributed by atoms with van der Waals surface area (Å²) < 4.78 is 25.3. The lowest BCUT2D eigenvalue weighted by Crippen LogP contribution is -1.98. The monoisotopic (exact) mass is 208 g/mol. The molecule has 0 radical (unpaired) electrons. The molecule has 0 saturated carbocycles. The van der Waals surface area contributed by atoms with Gasteiger partial charge >= 0.3 is 0 Å². The maximum Gasteiger partial charge on any atom is 0.148 e. The van der Waals surface area contributed by atoms with E-state index in [0.717, 1.165) is 0 Å². The zero-order chi connectivity index (χ0) is 9.97. The van der Waals surface area contributed by atoms with E-state index < -0.39 is 11.4 Å². The molecule has 5 heteroatoms. The second-order valence-corrected chi connectivity index (χ2v) is 3.19. The highest BCUT2D eigenvalue weighted by Crippen LogP contribution is 2.23. The van der Waals surface area contributed by atoms with Crippen molar-refractivity contribution >= 4 is 22.3 Å². The number of nitrogens with zero attached hydrogens (tertiary/aromatic N) is 1.